The third-order valence-electron chi connectivity index (χ3n) is 4.34. The van der Waals surface area contributed by atoms with Crippen molar-refractivity contribution in [3.05, 3.63) is 63.3 Å². The van der Waals surface area contributed by atoms with E-state index in [1.165, 1.54) is 6.07 Å². The highest BCUT2D eigenvalue weighted by Gasteiger charge is 2.33. The fourth-order valence-electron chi connectivity index (χ4n) is 2.91. The van der Waals surface area contributed by atoms with Gasteiger partial charge in [-0.2, -0.15) is 4.39 Å². The van der Waals surface area contributed by atoms with Crippen LogP contribution in [-0.4, -0.2) is 32.2 Å². The van der Waals surface area contributed by atoms with Crippen LogP contribution in [0.25, 0.3) is 10.8 Å². The van der Waals surface area contributed by atoms with Gasteiger partial charge in [0.15, 0.2) is 34.8 Å². The maximum absolute atomic E-state index is 14.5. The normalized spacial score (nSPS) is 11.7. The van der Waals surface area contributed by atoms with Crippen LogP contribution >= 0.6 is 67.8 Å². The molecule has 0 radical (unpaired) electrons. The first-order valence-corrected chi connectivity index (χ1v) is 13.4. The lowest BCUT2D eigenvalue weighted by Crippen LogP contribution is -2.16. The second-order valence-electron chi connectivity index (χ2n) is 6.48. The summed E-state index contributed by atoms with van der Waals surface area (Å²) in [7, 11) is -6.03. The molecule has 188 valence electrons. The van der Waals surface area contributed by atoms with Crippen molar-refractivity contribution in [1.82, 2.24) is 0 Å². The van der Waals surface area contributed by atoms with Gasteiger partial charge >= 0.3 is 5.97 Å². The minimum Gasteiger partial charge on any atom is -0.744 e. The summed E-state index contributed by atoms with van der Waals surface area (Å²) in [5, 5.41) is -3.53. The average Bonchev–Trinajstić information content (AvgIpc) is 2.77. The predicted octanol–water partition coefficient (Wildman–Crippen LogP) is 5.63. The summed E-state index contributed by atoms with van der Waals surface area (Å²) in [6, 6.07) is 3.29. The van der Waals surface area contributed by atoms with Gasteiger partial charge in [0.25, 0.3) is 0 Å². The molecule has 3 aromatic carbocycles. The van der Waals surface area contributed by atoms with Gasteiger partial charge in [0.1, 0.15) is 28.2 Å². The van der Waals surface area contributed by atoms with Gasteiger partial charge in [-0.05, 0) is 79.9 Å². The minimum absolute atomic E-state index is 0.167. The van der Waals surface area contributed by atoms with Gasteiger partial charge in [-0.15, -0.1) is 0 Å². The molecule has 0 heterocycles. The topological polar surface area (TPSA) is 92.7 Å². The minimum atomic E-state index is -6.03. The summed E-state index contributed by atoms with van der Waals surface area (Å²) in [4.78, 5) is 10.1. The van der Waals surface area contributed by atoms with E-state index in [-0.39, 0.29) is 5.56 Å². The fourth-order valence-corrected chi connectivity index (χ4v) is 6.03. The smallest absolute Gasteiger partial charge is 0.339 e. The summed E-state index contributed by atoms with van der Waals surface area (Å²) in [6.07, 6.45) is 0. The van der Waals surface area contributed by atoms with E-state index < -0.39 is 85.6 Å². The summed E-state index contributed by atoms with van der Waals surface area (Å²) in [5.74, 6) is -17.0. The van der Waals surface area contributed by atoms with E-state index in [2.05, 4.69) is 0 Å². The molecule has 0 aliphatic heterocycles. The van der Waals surface area contributed by atoms with Crippen molar-refractivity contribution < 1.29 is 53.6 Å². The van der Waals surface area contributed by atoms with Crippen LogP contribution in [0.15, 0.2) is 17.0 Å². The zero-order valence-corrected chi connectivity index (χ0v) is 23.6. The van der Waals surface area contributed by atoms with Crippen molar-refractivity contribution in [3.8, 4) is 5.75 Å². The van der Waals surface area contributed by atoms with Crippen molar-refractivity contribution in [3.63, 3.8) is 0 Å². The highest BCUT2D eigenvalue weighted by atomic mass is 127. The number of esters is 1. The van der Waals surface area contributed by atoms with E-state index in [0.29, 0.717) is 7.14 Å². The molecule has 0 bridgehead atoms. The van der Waals surface area contributed by atoms with Crippen molar-refractivity contribution >= 4 is 94.6 Å². The van der Waals surface area contributed by atoms with E-state index in [1.54, 1.807) is 6.07 Å². The van der Waals surface area contributed by atoms with Crippen LogP contribution in [0.1, 0.15) is 10.4 Å². The summed E-state index contributed by atoms with van der Waals surface area (Å²) >= 11 is 5.84. The van der Waals surface area contributed by atoms with Gasteiger partial charge in [-0.3, -0.25) is 0 Å². The van der Waals surface area contributed by atoms with Crippen molar-refractivity contribution in [2.75, 3.05) is 13.2 Å². The number of halogens is 9. The Morgan fingerprint density at radius 1 is 0.829 bits per heavy atom. The Bertz CT molecular complexity index is 1500. The summed E-state index contributed by atoms with van der Waals surface area (Å²) in [5.41, 5.74) is 0.167. The Morgan fingerprint density at radius 3 is 1.97 bits per heavy atom. The molecule has 0 saturated carbocycles. The molecule has 0 unspecified atom stereocenters. The Kier molecular flexibility index (Phi) is 8.69. The van der Waals surface area contributed by atoms with Crippen LogP contribution in [-0.2, 0) is 14.9 Å². The van der Waals surface area contributed by atoms with Gasteiger partial charge in [-0.25, -0.2) is 35.2 Å². The van der Waals surface area contributed by atoms with E-state index in [4.69, 9.17) is 9.47 Å². The molecule has 35 heavy (non-hydrogen) atoms. The lowest BCUT2D eigenvalue weighted by atomic mass is 10.1. The molecule has 0 saturated heterocycles. The van der Waals surface area contributed by atoms with Crippen LogP contribution < -0.4 is 4.74 Å². The highest BCUT2D eigenvalue weighted by molar-refractivity contribution is 14.1. The summed E-state index contributed by atoms with van der Waals surface area (Å²) < 4.78 is 131. The molecule has 0 aromatic heterocycles. The molecule has 0 amide bonds. The van der Waals surface area contributed by atoms with Crippen LogP contribution in [0.2, 0.25) is 0 Å². The van der Waals surface area contributed by atoms with Gasteiger partial charge in [-0.1, -0.05) is 0 Å². The Labute approximate surface area is 233 Å². The zero-order valence-electron chi connectivity index (χ0n) is 16.3. The maximum atomic E-state index is 14.5. The number of carbonyl (C=O) groups excluding carboxylic acids is 1. The molecule has 0 N–H and O–H groups in total. The predicted molar refractivity (Wildman–Crippen MR) is 132 cm³/mol. The van der Waals surface area contributed by atoms with Crippen LogP contribution in [0.4, 0.5) is 26.3 Å². The van der Waals surface area contributed by atoms with E-state index >= 15 is 0 Å². The molecular formula is C19H6F6I3O6S-. The van der Waals surface area contributed by atoms with Crippen LogP contribution in [0, 0.1) is 45.6 Å². The molecule has 16 heteroatoms. The van der Waals surface area contributed by atoms with E-state index in [1.807, 2.05) is 67.8 Å². The maximum Gasteiger partial charge on any atom is 0.339 e. The zero-order chi connectivity index (χ0) is 26.4. The molecule has 0 aliphatic carbocycles. The Balaban J connectivity index is 2.00. The third-order valence-corrected chi connectivity index (χ3v) is 8.89. The fraction of sp³-hybridized carbons (Fsp3) is 0.105. The van der Waals surface area contributed by atoms with Crippen molar-refractivity contribution in [2.45, 2.75) is 4.90 Å². The lowest BCUT2D eigenvalue weighted by molar-refractivity contribution is 0.0447. The number of ether oxygens (including phenoxy) is 2. The van der Waals surface area contributed by atoms with E-state index in [9.17, 15) is 44.1 Å². The molecule has 0 atom stereocenters. The van der Waals surface area contributed by atoms with Gasteiger partial charge < -0.3 is 14.0 Å². The molecule has 0 aliphatic rings. The Morgan fingerprint density at radius 2 is 1.40 bits per heavy atom. The van der Waals surface area contributed by atoms with Crippen LogP contribution in [0.3, 0.4) is 0 Å². The second kappa shape index (κ2) is 10.7. The molecule has 0 fully saturated rings. The lowest BCUT2D eigenvalue weighted by Gasteiger charge is -2.18. The summed E-state index contributed by atoms with van der Waals surface area (Å²) in [6.45, 7) is -1.49. The average molecular weight is 857 g/mol. The largest absolute Gasteiger partial charge is 0.744 e. The van der Waals surface area contributed by atoms with Gasteiger partial charge in [0.05, 0.1) is 10.9 Å². The molecular weight excluding hydrogens is 851 g/mol. The number of hydrogen-bond acceptors (Lipinski definition) is 6. The first-order valence-electron chi connectivity index (χ1n) is 8.75. The third kappa shape index (κ3) is 5.44. The number of benzene rings is 3. The number of fused-ring (bicyclic) bond motifs is 1. The highest BCUT2D eigenvalue weighted by Crippen LogP contribution is 2.41. The van der Waals surface area contributed by atoms with Gasteiger partial charge in [0, 0.05) is 16.1 Å². The monoisotopic (exact) mass is 857 g/mol. The SMILES string of the molecule is O=C(OCCOc1c(F)c(F)c(S(=O)(=O)[O-])c2c(F)c(F)c(F)c(F)c12)c1cc(I)cc(I)c1I. The van der Waals surface area contributed by atoms with Crippen molar-refractivity contribution in [2.24, 2.45) is 0 Å². The van der Waals surface area contributed by atoms with Crippen LogP contribution in [0.5, 0.6) is 5.75 Å². The van der Waals surface area contributed by atoms with Gasteiger partial charge in [0.2, 0.25) is 5.82 Å². The molecule has 3 rings (SSSR count). The molecule has 0 spiro atoms. The quantitative estimate of drug-likeness (QED) is 0.0608. The van der Waals surface area contributed by atoms with Crippen molar-refractivity contribution in [1.29, 1.82) is 0 Å². The number of carbonyl (C=O) groups is 1. The number of rotatable bonds is 6. The second-order valence-corrected chi connectivity index (χ2v) is 11.3. The number of hydrogen-bond donors (Lipinski definition) is 0. The van der Waals surface area contributed by atoms with E-state index in [0.717, 1.165) is 3.57 Å². The first-order chi connectivity index (χ1) is 16.2. The molecule has 6 nitrogen and oxygen atoms in total. The molecule has 3 aromatic rings. The first kappa shape index (κ1) is 28.4. The standard InChI is InChI=1S/C19H7F6I3O6S/c20-10-8-9(11(21)13(23)12(10)22)18(35(30,31)32)15(25)14(24)17(8)33-1-2-34-19(29)6-3-5(26)4-7(27)16(6)28/h3-4H,1-2H2,(H,30,31,32)/p-1. The Hall–Kier alpha value is -1.13.